The van der Waals surface area contributed by atoms with Crippen LogP contribution >= 0.6 is 0 Å². The fourth-order valence-electron chi connectivity index (χ4n) is 6.70. The maximum atomic E-state index is 13.3. The van der Waals surface area contributed by atoms with E-state index in [0.717, 1.165) is 49.9 Å². The molecule has 1 atom stereocenters. The number of benzene rings is 1. The van der Waals surface area contributed by atoms with E-state index in [1.165, 1.54) is 32.1 Å². The Kier molecular flexibility index (Phi) is 6.26. The summed E-state index contributed by atoms with van der Waals surface area (Å²) in [5, 5.41) is 6.36. The Labute approximate surface area is 175 Å². The predicted molar refractivity (Wildman–Crippen MR) is 115 cm³/mol. The first-order valence-electron chi connectivity index (χ1n) is 11.7. The van der Waals surface area contributed by atoms with Crippen molar-refractivity contribution in [3.05, 3.63) is 35.9 Å². The summed E-state index contributed by atoms with van der Waals surface area (Å²) in [6, 6.07) is 8.92. The summed E-state index contributed by atoms with van der Waals surface area (Å²) >= 11 is 0. The smallest absolute Gasteiger partial charge is 0.251 e. The predicted octanol–water partition coefficient (Wildman–Crippen LogP) is 4.70. The third kappa shape index (κ3) is 4.51. The van der Waals surface area contributed by atoms with E-state index in [9.17, 15) is 9.59 Å². The number of amides is 2. The van der Waals surface area contributed by atoms with Crippen molar-refractivity contribution < 1.29 is 9.59 Å². The zero-order chi connectivity index (χ0) is 20.3. The molecule has 0 aromatic heterocycles. The Morgan fingerprint density at radius 2 is 1.59 bits per heavy atom. The molecular weight excluding hydrogens is 360 g/mol. The first kappa shape index (κ1) is 20.4. The number of carbonyl (C=O) groups is 2. The normalized spacial score (nSPS) is 30.7. The van der Waals surface area contributed by atoms with Crippen molar-refractivity contribution in [3.63, 3.8) is 0 Å². The maximum absolute atomic E-state index is 13.3. The van der Waals surface area contributed by atoms with Crippen molar-refractivity contribution in [3.8, 4) is 0 Å². The average Bonchev–Trinajstić information content (AvgIpc) is 2.71. The van der Waals surface area contributed by atoms with Crippen LogP contribution < -0.4 is 10.6 Å². The van der Waals surface area contributed by atoms with Crippen LogP contribution in [0.5, 0.6) is 0 Å². The van der Waals surface area contributed by atoms with Crippen LogP contribution in [0.4, 0.5) is 0 Å². The largest absolute Gasteiger partial charge is 0.354 e. The molecule has 4 bridgehead atoms. The van der Waals surface area contributed by atoms with E-state index in [0.29, 0.717) is 12.1 Å². The van der Waals surface area contributed by atoms with E-state index in [1.54, 1.807) is 0 Å². The molecule has 4 heteroatoms. The molecule has 1 aromatic carbocycles. The molecule has 0 radical (unpaired) electrons. The Morgan fingerprint density at radius 1 is 0.966 bits per heavy atom. The fourth-order valence-corrected chi connectivity index (χ4v) is 6.70. The van der Waals surface area contributed by atoms with Gasteiger partial charge in [-0.05, 0) is 74.8 Å². The summed E-state index contributed by atoms with van der Waals surface area (Å²) in [5.74, 6) is 2.15. The Bertz CT molecular complexity index is 680. The number of hydrogen-bond donors (Lipinski definition) is 2. The van der Waals surface area contributed by atoms with Gasteiger partial charge in [0.25, 0.3) is 5.91 Å². The molecular formula is C25H36N2O2. The molecule has 0 aliphatic heterocycles. The van der Waals surface area contributed by atoms with Crippen LogP contribution in [0.1, 0.15) is 81.5 Å². The molecule has 1 aromatic rings. The van der Waals surface area contributed by atoms with E-state index >= 15 is 0 Å². The topological polar surface area (TPSA) is 58.2 Å². The molecule has 2 N–H and O–H groups in total. The van der Waals surface area contributed by atoms with Gasteiger partial charge in [0.2, 0.25) is 5.91 Å². The average molecular weight is 397 g/mol. The molecule has 0 saturated heterocycles. The lowest BCUT2D eigenvalue weighted by molar-refractivity contribution is -0.134. The second kappa shape index (κ2) is 8.89. The summed E-state index contributed by atoms with van der Waals surface area (Å²) in [6.45, 7) is 2.91. The van der Waals surface area contributed by atoms with Crippen LogP contribution in [-0.2, 0) is 4.79 Å². The number of rotatable bonds is 9. The maximum Gasteiger partial charge on any atom is 0.251 e. The van der Waals surface area contributed by atoms with Gasteiger partial charge in [-0.2, -0.15) is 0 Å². The monoisotopic (exact) mass is 396 g/mol. The highest BCUT2D eigenvalue weighted by Gasteiger charge is 2.56. The van der Waals surface area contributed by atoms with E-state index in [-0.39, 0.29) is 17.2 Å². The van der Waals surface area contributed by atoms with Crippen LogP contribution in [-0.4, -0.2) is 24.4 Å². The summed E-state index contributed by atoms with van der Waals surface area (Å²) in [7, 11) is 0. The van der Waals surface area contributed by atoms with Crippen molar-refractivity contribution in [2.45, 2.75) is 77.2 Å². The second-order valence-electron chi connectivity index (χ2n) is 9.90. The van der Waals surface area contributed by atoms with Gasteiger partial charge in [0.05, 0.1) is 0 Å². The van der Waals surface area contributed by atoms with E-state index in [2.05, 4.69) is 17.6 Å². The molecule has 4 nitrogen and oxygen atoms in total. The molecule has 29 heavy (non-hydrogen) atoms. The highest BCUT2D eigenvalue weighted by molar-refractivity contribution is 5.97. The molecule has 158 valence electrons. The van der Waals surface area contributed by atoms with Crippen molar-refractivity contribution in [1.29, 1.82) is 0 Å². The Morgan fingerprint density at radius 3 is 2.17 bits per heavy atom. The summed E-state index contributed by atoms with van der Waals surface area (Å²) < 4.78 is 0. The van der Waals surface area contributed by atoms with E-state index in [1.807, 2.05) is 30.3 Å². The van der Waals surface area contributed by atoms with E-state index < -0.39 is 6.04 Å². The molecule has 0 spiro atoms. The van der Waals surface area contributed by atoms with Crippen LogP contribution in [0, 0.1) is 23.2 Å². The van der Waals surface area contributed by atoms with Crippen molar-refractivity contribution >= 4 is 11.8 Å². The van der Waals surface area contributed by atoms with Crippen molar-refractivity contribution in [1.82, 2.24) is 10.6 Å². The SMILES string of the molecule is CCCCCCNC(=O)[C@H](NC(=O)c1ccccc1)C12CC3CC(CC(C3)C1)C2. The van der Waals surface area contributed by atoms with E-state index in [4.69, 9.17) is 0 Å². The lowest BCUT2D eigenvalue weighted by Crippen LogP contribution is -2.62. The van der Waals surface area contributed by atoms with Gasteiger partial charge in [-0.15, -0.1) is 0 Å². The zero-order valence-corrected chi connectivity index (χ0v) is 17.8. The molecule has 0 heterocycles. The summed E-state index contributed by atoms with van der Waals surface area (Å²) in [6.07, 6.45) is 11.8. The Hall–Kier alpha value is -1.84. The van der Waals surface area contributed by atoms with Crippen LogP contribution in [0.25, 0.3) is 0 Å². The number of nitrogens with one attached hydrogen (secondary N) is 2. The molecule has 4 fully saturated rings. The van der Waals surface area contributed by atoms with Gasteiger partial charge in [-0.25, -0.2) is 0 Å². The Balaban J connectivity index is 1.49. The second-order valence-corrected chi connectivity index (χ2v) is 9.90. The van der Waals surface area contributed by atoms with Crippen molar-refractivity contribution in [2.75, 3.05) is 6.54 Å². The highest BCUT2D eigenvalue weighted by Crippen LogP contribution is 2.61. The third-order valence-electron chi connectivity index (χ3n) is 7.60. The minimum Gasteiger partial charge on any atom is -0.354 e. The van der Waals surface area contributed by atoms with Gasteiger partial charge in [0.15, 0.2) is 0 Å². The molecule has 4 aliphatic carbocycles. The molecule has 2 amide bonds. The number of unbranched alkanes of at least 4 members (excludes halogenated alkanes) is 3. The third-order valence-corrected chi connectivity index (χ3v) is 7.60. The lowest BCUT2D eigenvalue weighted by Gasteiger charge is -2.59. The van der Waals surface area contributed by atoms with Gasteiger partial charge in [0, 0.05) is 17.5 Å². The number of carbonyl (C=O) groups excluding carboxylic acids is 2. The zero-order valence-electron chi connectivity index (χ0n) is 17.8. The number of hydrogen-bond acceptors (Lipinski definition) is 2. The fraction of sp³-hybridized carbons (Fsp3) is 0.680. The lowest BCUT2D eigenvalue weighted by atomic mass is 9.47. The molecule has 4 saturated carbocycles. The molecule has 4 aliphatic rings. The van der Waals surface area contributed by atoms with Crippen LogP contribution in [0.2, 0.25) is 0 Å². The summed E-state index contributed by atoms with van der Waals surface area (Å²) in [5.41, 5.74) is 0.588. The van der Waals surface area contributed by atoms with Crippen LogP contribution in [0.15, 0.2) is 30.3 Å². The van der Waals surface area contributed by atoms with Gasteiger partial charge in [-0.1, -0.05) is 44.4 Å². The van der Waals surface area contributed by atoms with Gasteiger partial charge in [0.1, 0.15) is 6.04 Å². The van der Waals surface area contributed by atoms with Gasteiger partial charge in [-0.3, -0.25) is 9.59 Å². The minimum absolute atomic E-state index is 0.0349. The first-order chi connectivity index (χ1) is 14.1. The standard InChI is InChI=1S/C25H36N2O2/c1-2-3-4-8-11-26-24(29)22(27-23(28)21-9-6-5-7-10-21)25-15-18-12-19(16-25)14-20(13-18)17-25/h5-7,9-10,18-20,22H,2-4,8,11-17H2,1H3,(H,26,29)(H,27,28)/t18?,19?,20?,22-,25?/m0/s1. The van der Waals surface area contributed by atoms with Crippen molar-refractivity contribution in [2.24, 2.45) is 23.2 Å². The van der Waals surface area contributed by atoms with Gasteiger partial charge < -0.3 is 10.6 Å². The molecule has 5 rings (SSSR count). The van der Waals surface area contributed by atoms with Crippen LogP contribution in [0.3, 0.4) is 0 Å². The minimum atomic E-state index is -0.408. The molecule has 0 unspecified atom stereocenters. The quantitative estimate of drug-likeness (QED) is 0.595. The summed E-state index contributed by atoms with van der Waals surface area (Å²) in [4.78, 5) is 26.3. The van der Waals surface area contributed by atoms with Gasteiger partial charge >= 0.3 is 0 Å². The highest BCUT2D eigenvalue weighted by atomic mass is 16.2. The first-order valence-corrected chi connectivity index (χ1v) is 11.7.